The molecular formula is C25H22BrN5O5. The van der Waals surface area contributed by atoms with Crippen molar-refractivity contribution in [3.05, 3.63) is 104 Å². The van der Waals surface area contributed by atoms with Gasteiger partial charge in [0.1, 0.15) is 11.4 Å². The number of carbonyl (C=O) groups excluding carboxylic acids is 2. The molecule has 0 aliphatic carbocycles. The largest absolute Gasteiger partial charge is 0.506 e. The van der Waals surface area contributed by atoms with Gasteiger partial charge in [0.05, 0.1) is 15.6 Å². The van der Waals surface area contributed by atoms with Crippen LogP contribution in [0.4, 0.5) is 11.4 Å². The first kappa shape index (κ1) is 26.1. The number of nitrogens with zero attached hydrogens (tertiary/aromatic N) is 3. The zero-order chi connectivity index (χ0) is 26.2. The van der Waals surface area contributed by atoms with Crippen molar-refractivity contribution in [3.8, 4) is 5.75 Å². The third-order valence-corrected chi connectivity index (χ3v) is 5.51. The van der Waals surface area contributed by atoms with E-state index in [2.05, 4.69) is 31.8 Å². The Morgan fingerprint density at radius 3 is 2.36 bits per heavy atom. The number of nitrogens with one attached hydrogen (secondary N) is 2. The first-order valence-electron chi connectivity index (χ1n) is 10.5. The molecule has 3 N–H and O–H groups in total. The summed E-state index contributed by atoms with van der Waals surface area (Å²) in [5, 5.41) is 27.6. The van der Waals surface area contributed by atoms with Crippen LogP contribution in [-0.2, 0) is 4.79 Å². The summed E-state index contributed by atoms with van der Waals surface area (Å²) in [4.78, 5) is 38.0. The van der Waals surface area contributed by atoms with E-state index in [0.717, 1.165) is 24.0 Å². The summed E-state index contributed by atoms with van der Waals surface area (Å²) in [6.45, 7) is 0. The minimum absolute atomic E-state index is 0.00880. The molecule has 0 spiro atoms. The highest BCUT2D eigenvalue weighted by Crippen LogP contribution is 2.31. The van der Waals surface area contributed by atoms with Gasteiger partial charge in [0.25, 0.3) is 17.5 Å². The zero-order valence-electron chi connectivity index (χ0n) is 19.3. The summed E-state index contributed by atoms with van der Waals surface area (Å²) in [6, 6.07) is 17.9. The average molecular weight is 552 g/mol. The number of phenolic OH excluding ortho intramolecular Hbond substituents is 1. The SMILES string of the molecule is CN(C)c1ccc(/C=C(\NC(=O)c2ccccc2)C(=O)N/N=C\c2cc([N+](=O)[O-])cc(Br)c2O)cc1. The number of rotatable bonds is 8. The molecule has 0 bridgehead atoms. The number of hydrogen-bond donors (Lipinski definition) is 3. The van der Waals surface area contributed by atoms with Gasteiger partial charge < -0.3 is 15.3 Å². The molecule has 0 fully saturated rings. The molecule has 0 aromatic heterocycles. The molecule has 0 radical (unpaired) electrons. The van der Waals surface area contributed by atoms with Crippen LogP contribution in [0.1, 0.15) is 21.5 Å². The number of nitro groups is 1. The van der Waals surface area contributed by atoms with Crippen LogP contribution in [0.25, 0.3) is 6.08 Å². The van der Waals surface area contributed by atoms with Crippen molar-refractivity contribution >= 4 is 51.4 Å². The van der Waals surface area contributed by atoms with E-state index in [9.17, 15) is 24.8 Å². The van der Waals surface area contributed by atoms with Gasteiger partial charge in [-0.05, 0) is 51.8 Å². The fraction of sp³-hybridized carbons (Fsp3) is 0.0800. The van der Waals surface area contributed by atoms with Gasteiger partial charge in [0, 0.05) is 43.0 Å². The highest BCUT2D eigenvalue weighted by atomic mass is 79.9. The molecule has 2 amide bonds. The number of non-ortho nitro benzene ring substituents is 1. The lowest BCUT2D eigenvalue weighted by atomic mass is 10.1. The Kier molecular flexibility index (Phi) is 8.52. The van der Waals surface area contributed by atoms with E-state index in [-0.39, 0.29) is 27.2 Å². The smallest absolute Gasteiger partial charge is 0.287 e. The van der Waals surface area contributed by atoms with Crippen LogP contribution < -0.4 is 15.6 Å². The zero-order valence-corrected chi connectivity index (χ0v) is 20.9. The fourth-order valence-corrected chi connectivity index (χ4v) is 3.47. The lowest BCUT2D eigenvalue weighted by Crippen LogP contribution is -2.32. The van der Waals surface area contributed by atoms with Crippen molar-refractivity contribution in [1.82, 2.24) is 10.7 Å². The second-order valence-corrected chi connectivity index (χ2v) is 8.54. The number of benzene rings is 3. The molecule has 0 atom stereocenters. The van der Waals surface area contributed by atoms with E-state index in [4.69, 9.17) is 0 Å². The summed E-state index contributed by atoms with van der Waals surface area (Å²) in [5.74, 6) is -1.52. The van der Waals surface area contributed by atoms with Crippen molar-refractivity contribution < 1.29 is 19.6 Å². The minimum atomic E-state index is -0.740. The Bertz CT molecular complexity index is 1340. The molecule has 0 heterocycles. The van der Waals surface area contributed by atoms with Gasteiger partial charge in [0.2, 0.25) is 0 Å². The molecule has 0 saturated carbocycles. The Balaban J connectivity index is 1.86. The predicted molar refractivity (Wildman–Crippen MR) is 141 cm³/mol. The van der Waals surface area contributed by atoms with Gasteiger partial charge in [-0.3, -0.25) is 19.7 Å². The van der Waals surface area contributed by atoms with E-state index in [0.29, 0.717) is 11.1 Å². The number of hydrogen-bond acceptors (Lipinski definition) is 7. The summed E-state index contributed by atoms with van der Waals surface area (Å²) in [7, 11) is 3.80. The molecule has 11 heteroatoms. The maximum Gasteiger partial charge on any atom is 0.287 e. The van der Waals surface area contributed by atoms with Gasteiger partial charge in [-0.25, -0.2) is 5.43 Å². The first-order chi connectivity index (χ1) is 17.2. The molecule has 3 rings (SSSR count). The molecule has 0 saturated heterocycles. The van der Waals surface area contributed by atoms with Gasteiger partial charge in [0.15, 0.2) is 0 Å². The van der Waals surface area contributed by atoms with Gasteiger partial charge >= 0.3 is 0 Å². The van der Waals surface area contributed by atoms with E-state index in [1.165, 1.54) is 6.08 Å². The second kappa shape index (κ2) is 11.8. The Labute approximate surface area is 215 Å². The minimum Gasteiger partial charge on any atom is -0.506 e. The summed E-state index contributed by atoms with van der Waals surface area (Å²) < 4.78 is 0.0985. The van der Waals surface area contributed by atoms with Crippen LogP contribution in [0, 0.1) is 10.1 Å². The maximum atomic E-state index is 12.9. The van der Waals surface area contributed by atoms with Crippen molar-refractivity contribution in [2.75, 3.05) is 19.0 Å². The van der Waals surface area contributed by atoms with Crippen molar-refractivity contribution in [3.63, 3.8) is 0 Å². The van der Waals surface area contributed by atoms with Crippen LogP contribution in [0.15, 0.2) is 82.0 Å². The third-order valence-electron chi connectivity index (χ3n) is 4.91. The molecule has 36 heavy (non-hydrogen) atoms. The second-order valence-electron chi connectivity index (χ2n) is 7.69. The van der Waals surface area contributed by atoms with Crippen LogP contribution in [0.5, 0.6) is 5.75 Å². The van der Waals surface area contributed by atoms with Crippen LogP contribution in [-0.4, -0.2) is 42.2 Å². The quantitative estimate of drug-likeness (QED) is 0.167. The molecule has 0 aliphatic heterocycles. The number of amides is 2. The number of phenols is 1. The van der Waals surface area contributed by atoms with Gasteiger partial charge in [-0.15, -0.1) is 0 Å². The van der Waals surface area contributed by atoms with Gasteiger partial charge in [-0.2, -0.15) is 5.10 Å². The normalized spacial score (nSPS) is 11.2. The van der Waals surface area contributed by atoms with E-state index >= 15 is 0 Å². The Morgan fingerprint density at radius 1 is 1.08 bits per heavy atom. The molecule has 184 valence electrons. The van der Waals surface area contributed by atoms with Crippen LogP contribution in [0.3, 0.4) is 0 Å². The monoisotopic (exact) mass is 551 g/mol. The van der Waals surface area contributed by atoms with E-state index < -0.39 is 16.7 Å². The summed E-state index contributed by atoms with van der Waals surface area (Å²) >= 11 is 3.05. The molecular weight excluding hydrogens is 530 g/mol. The molecule has 3 aromatic rings. The standard InChI is InChI=1S/C25H22BrN5O5/c1-30(2)19-10-8-16(9-11-19)12-22(28-24(33)17-6-4-3-5-7-17)25(34)29-27-15-18-13-20(31(35)36)14-21(26)23(18)32/h3-15,32H,1-2H3,(H,28,33)(H,29,34)/b22-12-,27-15-. The van der Waals surface area contributed by atoms with Crippen LogP contribution >= 0.6 is 15.9 Å². The topological polar surface area (TPSA) is 137 Å². The number of aromatic hydroxyl groups is 1. The van der Waals surface area contributed by atoms with Crippen molar-refractivity contribution in [2.24, 2.45) is 5.10 Å². The molecule has 0 aliphatic rings. The molecule has 3 aromatic carbocycles. The van der Waals surface area contributed by atoms with Crippen molar-refractivity contribution in [2.45, 2.75) is 0 Å². The van der Waals surface area contributed by atoms with Crippen LogP contribution in [0.2, 0.25) is 0 Å². The molecule has 10 nitrogen and oxygen atoms in total. The number of anilines is 1. The number of carbonyl (C=O) groups is 2. The third kappa shape index (κ3) is 6.76. The van der Waals surface area contributed by atoms with E-state index in [1.807, 2.05) is 31.1 Å². The first-order valence-corrected chi connectivity index (χ1v) is 11.3. The number of nitro benzene ring substituents is 1. The number of halogens is 1. The highest BCUT2D eigenvalue weighted by Gasteiger charge is 2.16. The number of hydrazone groups is 1. The average Bonchev–Trinajstić information content (AvgIpc) is 2.86. The Hall–Kier alpha value is -4.51. The highest BCUT2D eigenvalue weighted by molar-refractivity contribution is 9.10. The van der Waals surface area contributed by atoms with Crippen molar-refractivity contribution in [1.29, 1.82) is 0 Å². The lowest BCUT2D eigenvalue weighted by Gasteiger charge is -2.12. The fourth-order valence-electron chi connectivity index (χ4n) is 3.01. The van der Waals surface area contributed by atoms with Gasteiger partial charge in [-0.1, -0.05) is 30.3 Å². The summed E-state index contributed by atoms with van der Waals surface area (Å²) in [6.07, 6.45) is 2.56. The summed E-state index contributed by atoms with van der Waals surface area (Å²) in [5.41, 5.74) is 3.90. The maximum absolute atomic E-state index is 12.9. The molecule has 0 unspecified atom stereocenters. The Morgan fingerprint density at radius 2 is 1.75 bits per heavy atom. The lowest BCUT2D eigenvalue weighted by molar-refractivity contribution is -0.385. The predicted octanol–water partition coefficient (Wildman–Crippen LogP) is 4.05. The van der Waals surface area contributed by atoms with E-state index in [1.54, 1.807) is 42.5 Å².